The molecule has 0 saturated carbocycles. The lowest BCUT2D eigenvalue weighted by molar-refractivity contribution is 0.0526. The van der Waals surface area contributed by atoms with E-state index in [0.717, 1.165) is 23.4 Å². The molecule has 0 spiro atoms. The Kier molecular flexibility index (Phi) is 4.80. The fourth-order valence-electron chi connectivity index (χ4n) is 2.90. The number of aromatic nitrogens is 1. The summed E-state index contributed by atoms with van der Waals surface area (Å²) in [4.78, 5) is 12.5. The normalized spacial score (nSPS) is 10.6. The second kappa shape index (κ2) is 7.18. The molecule has 0 fully saturated rings. The van der Waals surface area contributed by atoms with Crippen LogP contribution in [0.25, 0.3) is 11.1 Å². The Morgan fingerprint density at radius 2 is 1.62 bits per heavy atom. The summed E-state index contributed by atoms with van der Waals surface area (Å²) in [6.07, 6.45) is 2.05. The first-order valence-electron chi connectivity index (χ1n) is 8.17. The molecule has 3 heteroatoms. The van der Waals surface area contributed by atoms with Crippen LogP contribution in [0.1, 0.15) is 28.5 Å². The largest absolute Gasteiger partial charge is 0.462 e. The third kappa shape index (κ3) is 3.25. The predicted molar refractivity (Wildman–Crippen MR) is 96.1 cm³/mol. The Labute approximate surface area is 142 Å². The van der Waals surface area contributed by atoms with Gasteiger partial charge in [-0.2, -0.15) is 0 Å². The van der Waals surface area contributed by atoms with Crippen LogP contribution in [0.15, 0.2) is 66.9 Å². The molecule has 0 aliphatic rings. The number of rotatable bonds is 5. The van der Waals surface area contributed by atoms with Gasteiger partial charge in [-0.3, -0.25) is 0 Å². The summed E-state index contributed by atoms with van der Waals surface area (Å²) in [6.45, 7) is 4.90. The van der Waals surface area contributed by atoms with Crippen LogP contribution in [0.5, 0.6) is 0 Å². The van der Waals surface area contributed by atoms with Gasteiger partial charge in [0.25, 0.3) is 0 Å². The van der Waals surface area contributed by atoms with E-state index in [9.17, 15) is 4.79 Å². The van der Waals surface area contributed by atoms with Crippen molar-refractivity contribution in [3.05, 3.63) is 83.7 Å². The van der Waals surface area contributed by atoms with Gasteiger partial charge < -0.3 is 9.30 Å². The molecule has 1 aromatic heterocycles. The molecule has 0 saturated heterocycles. The molecule has 0 aliphatic carbocycles. The number of hydrogen-bond acceptors (Lipinski definition) is 2. The van der Waals surface area contributed by atoms with E-state index in [-0.39, 0.29) is 5.97 Å². The molecule has 0 N–H and O–H groups in total. The zero-order valence-electron chi connectivity index (χ0n) is 14.0. The van der Waals surface area contributed by atoms with Crippen LogP contribution in [-0.4, -0.2) is 17.1 Å². The van der Waals surface area contributed by atoms with E-state index < -0.39 is 0 Å². The molecule has 0 bridgehead atoms. The number of hydrogen-bond donors (Lipinski definition) is 0. The molecule has 0 radical (unpaired) electrons. The van der Waals surface area contributed by atoms with Crippen LogP contribution in [0.3, 0.4) is 0 Å². The summed E-state index contributed by atoms with van der Waals surface area (Å²) in [5.41, 5.74) is 4.72. The minimum atomic E-state index is -0.263. The Hall–Kier alpha value is -2.81. The second-order valence-electron chi connectivity index (χ2n) is 5.70. The molecule has 3 aromatic rings. The van der Waals surface area contributed by atoms with E-state index in [0.29, 0.717) is 12.2 Å². The standard InChI is InChI=1S/C21H21NO2/c1-3-24-21(23)20-16(2)22(14-17-10-6-4-7-11-17)15-19(20)18-12-8-5-9-13-18/h4-13,15H,3,14H2,1-2H3. The van der Waals surface area contributed by atoms with E-state index in [4.69, 9.17) is 4.74 Å². The van der Waals surface area contributed by atoms with Crippen molar-refractivity contribution in [2.45, 2.75) is 20.4 Å². The van der Waals surface area contributed by atoms with Crippen molar-refractivity contribution >= 4 is 5.97 Å². The Balaban J connectivity index is 2.07. The predicted octanol–water partition coefficient (Wildman–Crippen LogP) is 4.69. The fraction of sp³-hybridized carbons (Fsp3) is 0.190. The summed E-state index contributed by atoms with van der Waals surface area (Å²) < 4.78 is 7.40. The van der Waals surface area contributed by atoms with Crippen LogP contribution in [0, 0.1) is 6.92 Å². The third-order valence-corrected chi connectivity index (χ3v) is 4.11. The van der Waals surface area contributed by atoms with Gasteiger partial charge >= 0.3 is 5.97 Å². The Morgan fingerprint density at radius 1 is 1.00 bits per heavy atom. The third-order valence-electron chi connectivity index (χ3n) is 4.11. The summed E-state index contributed by atoms with van der Waals surface area (Å²) in [6, 6.07) is 20.2. The molecule has 3 rings (SSSR count). The average molecular weight is 319 g/mol. The smallest absolute Gasteiger partial charge is 0.340 e. The zero-order valence-corrected chi connectivity index (χ0v) is 14.0. The Bertz CT molecular complexity index is 820. The highest BCUT2D eigenvalue weighted by Crippen LogP contribution is 2.29. The molecular formula is C21H21NO2. The quantitative estimate of drug-likeness (QED) is 0.639. The van der Waals surface area contributed by atoms with E-state index in [1.165, 1.54) is 5.56 Å². The molecule has 0 aliphatic heterocycles. The highest BCUT2D eigenvalue weighted by Gasteiger charge is 2.21. The van der Waals surface area contributed by atoms with Gasteiger partial charge in [0.05, 0.1) is 12.2 Å². The summed E-state index contributed by atoms with van der Waals surface area (Å²) >= 11 is 0. The van der Waals surface area contributed by atoms with Gasteiger partial charge in [-0.25, -0.2) is 4.79 Å². The van der Waals surface area contributed by atoms with Crippen molar-refractivity contribution < 1.29 is 9.53 Å². The van der Waals surface area contributed by atoms with Crippen molar-refractivity contribution in [2.75, 3.05) is 6.61 Å². The van der Waals surface area contributed by atoms with E-state index in [1.54, 1.807) is 0 Å². The minimum Gasteiger partial charge on any atom is -0.462 e. The first-order valence-corrected chi connectivity index (χ1v) is 8.17. The lowest BCUT2D eigenvalue weighted by Crippen LogP contribution is -2.08. The van der Waals surface area contributed by atoms with Crippen molar-refractivity contribution in [3.63, 3.8) is 0 Å². The van der Waals surface area contributed by atoms with Gasteiger partial charge in [0.15, 0.2) is 0 Å². The molecule has 1 heterocycles. The zero-order chi connectivity index (χ0) is 16.9. The number of benzene rings is 2. The van der Waals surface area contributed by atoms with Gasteiger partial charge in [-0.15, -0.1) is 0 Å². The molecule has 0 atom stereocenters. The van der Waals surface area contributed by atoms with Crippen molar-refractivity contribution in [1.29, 1.82) is 0 Å². The summed E-state index contributed by atoms with van der Waals surface area (Å²) in [5.74, 6) is -0.263. The van der Waals surface area contributed by atoms with Gasteiger partial charge in [-0.05, 0) is 25.0 Å². The Morgan fingerprint density at radius 3 is 2.25 bits per heavy atom. The highest BCUT2D eigenvalue weighted by molar-refractivity contribution is 5.98. The molecule has 0 amide bonds. The van der Waals surface area contributed by atoms with Gasteiger partial charge in [0.2, 0.25) is 0 Å². The molecule has 24 heavy (non-hydrogen) atoms. The molecule has 3 nitrogen and oxygen atoms in total. The average Bonchev–Trinajstić information content (AvgIpc) is 2.93. The maximum absolute atomic E-state index is 12.5. The molecular weight excluding hydrogens is 298 g/mol. The van der Waals surface area contributed by atoms with Gasteiger partial charge in [0, 0.05) is 24.0 Å². The van der Waals surface area contributed by atoms with E-state index in [1.807, 2.05) is 68.6 Å². The maximum Gasteiger partial charge on any atom is 0.340 e. The van der Waals surface area contributed by atoms with Crippen LogP contribution < -0.4 is 0 Å². The van der Waals surface area contributed by atoms with Crippen molar-refractivity contribution in [2.24, 2.45) is 0 Å². The number of nitrogens with zero attached hydrogens (tertiary/aromatic N) is 1. The number of esters is 1. The number of ether oxygens (including phenoxy) is 1. The first kappa shape index (κ1) is 16.1. The van der Waals surface area contributed by atoms with Crippen molar-refractivity contribution in [3.8, 4) is 11.1 Å². The first-order chi connectivity index (χ1) is 11.7. The topological polar surface area (TPSA) is 31.2 Å². The van der Waals surface area contributed by atoms with Crippen molar-refractivity contribution in [1.82, 2.24) is 4.57 Å². The molecule has 0 unspecified atom stereocenters. The lowest BCUT2D eigenvalue weighted by Gasteiger charge is -2.07. The van der Waals surface area contributed by atoms with Gasteiger partial charge in [0.1, 0.15) is 0 Å². The number of carbonyl (C=O) groups excluding carboxylic acids is 1. The highest BCUT2D eigenvalue weighted by atomic mass is 16.5. The van der Waals surface area contributed by atoms with Gasteiger partial charge in [-0.1, -0.05) is 60.7 Å². The summed E-state index contributed by atoms with van der Waals surface area (Å²) in [5, 5.41) is 0. The lowest BCUT2D eigenvalue weighted by atomic mass is 10.0. The summed E-state index contributed by atoms with van der Waals surface area (Å²) in [7, 11) is 0. The maximum atomic E-state index is 12.5. The molecule has 122 valence electrons. The monoisotopic (exact) mass is 319 g/mol. The fourth-order valence-corrected chi connectivity index (χ4v) is 2.90. The van der Waals surface area contributed by atoms with E-state index >= 15 is 0 Å². The van der Waals surface area contributed by atoms with E-state index in [2.05, 4.69) is 16.7 Å². The van der Waals surface area contributed by atoms with Crippen LogP contribution in [0.4, 0.5) is 0 Å². The molecule has 2 aromatic carbocycles. The minimum absolute atomic E-state index is 0.263. The van der Waals surface area contributed by atoms with Crippen LogP contribution in [0.2, 0.25) is 0 Å². The van der Waals surface area contributed by atoms with Crippen LogP contribution in [-0.2, 0) is 11.3 Å². The number of carbonyl (C=O) groups is 1. The second-order valence-corrected chi connectivity index (χ2v) is 5.70. The van der Waals surface area contributed by atoms with Crippen LogP contribution >= 0.6 is 0 Å². The SMILES string of the molecule is CCOC(=O)c1c(-c2ccccc2)cn(Cc2ccccc2)c1C.